The normalized spacial score (nSPS) is 12.6. The van der Waals surface area contributed by atoms with Crippen molar-refractivity contribution in [3.8, 4) is 0 Å². The molecule has 17 heavy (non-hydrogen) atoms. The third kappa shape index (κ3) is 3.65. The van der Waals surface area contributed by atoms with Crippen molar-refractivity contribution in [2.75, 3.05) is 0 Å². The summed E-state index contributed by atoms with van der Waals surface area (Å²) in [6.07, 6.45) is 1.78. The molecular formula is C14H18N2S. The Bertz CT molecular complexity index is 473. The predicted octanol–water partition coefficient (Wildman–Crippen LogP) is 2.87. The van der Waals surface area contributed by atoms with Gasteiger partial charge in [0.05, 0.1) is 5.01 Å². The van der Waals surface area contributed by atoms with Gasteiger partial charge in [0.2, 0.25) is 0 Å². The Morgan fingerprint density at radius 2 is 1.88 bits per heavy atom. The molecule has 0 fully saturated rings. The van der Waals surface area contributed by atoms with E-state index in [1.165, 1.54) is 11.1 Å². The average Bonchev–Trinajstić information content (AvgIpc) is 2.67. The van der Waals surface area contributed by atoms with Crippen molar-refractivity contribution in [2.45, 2.75) is 32.7 Å². The van der Waals surface area contributed by atoms with Crippen LogP contribution in [0.2, 0.25) is 0 Å². The molecule has 0 radical (unpaired) electrons. The van der Waals surface area contributed by atoms with E-state index in [9.17, 15) is 0 Å². The van der Waals surface area contributed by atoms with Gasteiger partial charge in [-0.15, -0.1) is 11.3 Å². The molecule has 0 amide bonds. The highest BCUT2D eigenvalue weighted by atomic mass is 32.1. The third-order valence-electron chi connectivity index (χ3n) is 2.72. The minimum absolute atomic E-state index is 0.156. The molecule has 1 atom stereocenters. The van der Waals surface area contributed by atoms with Crippen LogP contribution in [0.25, 0.3) is 0 Å². The standard InChI is InChI=1S/C14H18N2S/c1-10-3-5-12(6-4-10)7-13(15)8-14-16-11(2)9-17-14/h3-6,9,13H,7-8,15H2,1-2H3. The SMILES string of the molecule is Cc1ccc(CC(N)Cc2nc(C)cs2)cc1. The van der Waals surface area contributed by atoms with E-state index >= 15 is 0 Å². The van der Waals surface area contributed by atoms with Crippen molar-refractivity contribution in [3.63, 3.8) is 0 Å². The van der Waals surface area contributed by atoms with Gasteiger partial charge >= 0.3 is 0 Å². The molecule has 90 valence electrons. The number of hydrogen-bond acceptors (Lipinski definition) is 3. The first-order valence-electron chi connectivity index (χ1n) is 5.85. The van der Waals surface area contributed by atoms with E-state index in [0.717, 1.165) is 23.5 Å². The van der Waals surface area contributed by atoms with Crippen molar-refractivity contribution < 1.29 is 0 Å². The zero-order valence-electron chi connectivity index (χ0n) is 10.3. The van der Waals surface area contributed by atoms with Crippen LogP contribution in [0.5, 0.6) is 0 Å². The Morgan fingerprint density at radius 3 is 2.47 bits per heavy atom. The number of aromatic nitrogens is 1. The maximum absolute atomic E-state index is 6.15. The Balaban J connectivity index is 1.93. The van der Waals surface area contributed by atoms with E-state index in [2.05, 4.69) is 41.6 Å². The molecule has 1 aromatic heterocycles. The predicted molar refractivity (Wildman–Crippen MR) is 73.4 cm³/mol. The van der Waals surface area contributed by atoms with Crippen molar-refractivity contribution in [1.82, 2.24) is 4.98 Å². The van der Waals surface area contributed by atoms with Crippen LogP contribution in [-0.2, 0) is 12.8 Å². The van der Waals surface area contributed by atoms with Gasteiger partial charge in [0.15, 0.2) is 0 Å². The fraction of sp³-hybridized carbons (Fsp3) is 0.357. The summed E-state index contributed by atoms with van der Waals surface area (Å²) in [7, 11) is 0. The third-order valence-corrected chi connectivity index (χ3v) is 3.71. The molecular weight excluding hydrogens is 228 g/mol. The number of benzene rings is 1. The number of hydrogen-bond donors (Lipinski definition) is 1. The summed E-state index contributed by atoms with van der Waals surface area (Å²) in [6, 6.07) is 8.73. The van der Waals surface area contributed by atoms with Crippen LogP contribution < -0.4 is 5.73 Å². The summed E-state index contributed by atoms with van der Waals surface area (Å²) in [6.45, 7) is 4.12. The first-order valence-corrected chi connectivity index (χ1v) is 6.73. The Labute approximate surface area is 107 Å². The van der Waals surface area contributed by atoms with E-state index in [4.69, 9.17) is 5.73 Å². The molecule has 3 heteroatoms. The summed E-state index contributed by atoms with van der Waals surface area (Å²) in [5.74, 6) is 0. The molecule has 0 bridgehead atoms. The topological polar surface area (TPSA) is 38.9 Å². The largest absolute Gasteiger partial charge is 0.327 e. The lowest BCUT2D eigenvalue weighted by Gasteiger charge is -2.10. The van der Waals surface area contributed by atoms with E-state index in [1.54, 1.807) is 11.3 Å². The summed E-state index contributed by atoms with van der Waals surface area (Å²) < 4.78 is 0. The maximum Gasteiger partial charge on any atom is 0.0943 e. The summed E-state index contributed by atoms with van der Waals surface area (Å²) >= 11 is 1.70. The van der Waals surface area contributed by atoms with Gasteiger partial charge in [0.25, 0.3) is 0 Å². The van der Waals surface area contributed by atoms with Gasteiger partial charge in [0, 0.05) is 23.5 Å². The lowest BCUT2D eigenvalue weighted by molar-refractivity contribution is 0.661. The summed E-state index contributed by atoms with van der Waals surface area (Å²) in [5.41, 5.74) is 9.83. The number of nitrogens with zero attached hydrogens (tertiary/aromatic N) is 1. The first-order chi connectivity index (χ1) is 8.13. The number of aryl methyl sites for hydroxylation is 2. The second kappa shape index (κ2) is 5.43. The van der Waals surface area contributed by atoms with Gasteiger partial charge in [-0.1, -0.05) is 29.8 Å². The molecule has 2 aromatic rings. The number of thiazole rings is 1. The van der Waals surface area contributed by atoms with Crippen LogP contribution in [-0.4, -0.2) is 11.0 Å². The molecule has 0 saturated carbocycles. The summed E-state index contributed by atoms with van der Waals surface area (Å²) in [4.78, 5) is 4.44. The van der Waals surface area contributed by atoms with Crippen molar-refractivity contribution in [1.29, 1.82) is 0 Å². The molecule has 0 aliphatic carbocycles. The minimum Gasteiger partial charge on any atom is -0.327 e. The lowest BCUT2D eigenvalue weighted by atomic mass is 10.0. The molecule has 1 heterocycles. The first kappa shape index (κ1) is 12.3. The zero-order chi connectivity index (χ0) is 12.3. The lowest BCUT2D eigenvalue weighted by Crippen LogP contribution is -2.25. The number of rotatable bonds is 4. The maximum atomic E-state index is 6.15. The van der Waals surface area contributed by atoms with Crippen molar-refractivity contribution in [3.05, 3.63) is 51.5 Å². The molecule has 2 nitrogen and oxygen atoms in total. The van der Waals surface area contributed by atoms with Gasteiger partial charge in [0.1, 0.15) is 0 Å². The van der Waals surface area contributed by atoms with Crippen molar-refractivity contribution >= 4 is 11.3 Å². The van der Waals surface area contributed by atoms with Gasteiger partial charge in [-0.25, -0.2) is 4.98 Å². The highest BCUT2D eigenvalue weighted by Crippen LogP contribution is 2.13. The Kier molecular flexibility index (Phi) is 3.92. The second-order valence-electron chi connectivity index (χ2n) is 4.54. The highest BCUT2D eigenvalue weighted by molar-refractivity contribution is 7.09. The van der Waals surface area contributed by atoms with E-state index < -0.39 is 0 Å². The summed E-state index contributed by atoms with van der Waals surface area (Å²) in [5, 5.41) is 3.22. The van der Waals surface area contributed by atoms with Crippen LogP contribution >= 0.6 is 11.3 Å². The van der Waals surface area contributed by atoms with E-state index in [1.807, 2.05) is 6.92 Å². The van der Waals surface area contributed by atoms with Gasteiger partial charge < -0.3 is 5.73 Å². The van der Waals surface area contributed by atoms with Crippen molar-refractivity contribution in [2.24, 2.45) is 5.73 Å². The second-order valence-corrected chi connectivity index (χ2v) is 5.48. The Morgan fingerprint density at radius 1 is 1.18 bits per heavy atom. The minimum atomic E-state index is 0.156. The van der Waals surface area contributed by atoms with Crippen LogP contribution in [0.4, 0.5) is 0 Å². The molecule has 1 aromatic carbocycles. The van der Waals surface area contributed by atoms with Crippen LogP contribution in [0.3, 0.4) is 0 Å². The molecule has 0 aliphatic heterocycles. The molecule has 2 rings (SSSR count). The van der Waals surface area contributed by atoms with E-state index in [0.29, 0.717) is 0 Å². The van der Waals surface area contributed by atoms with Crippen LogP contribution in [0, 0.1) is 13.8 Å². The van der Waals surface area contributed by atoms with Crippen LogP contribution in [0.1, 0.15) is 21.8 Å². The van der Waals surface area contributed by atoms with Gasteiger partial charge in [-0.3, -0.25) is 0 Å². The smallest absolute Gasteiger partial charge is 0.0943 e. The zero-order valence-corrected chi connectivity index (χ0v) is 11.1. The molecule has 2 N–H and O–H groups in total. The van der Waals surface area contributed by atoms with Gasteiger partial charge in [-0.05, 0) is 25.8 Å². The highest BCUT2D eigenvalue weighted by Gasteiger charge is 2.08. The van der Waals surface area contributed by atoms with Gasteiger partial charge in [-0.2, -0.15) is 0 Å². The fourth-order valence-corrected chi connectivity index (χ4v) is 2.69. The average molecular weight is 246 g/mol. The quantitative estimate of drug-likeness (QED) is 0.901. The molecule has 1 unspecified atom stereocenters. The van der Waals surface area contributed by atoms with E-state index in [-0.39, 0.29) is 6.04 Å². The molecule has 0 aliphatic rings. The van der Waals surface area contributed by atoms with Crippen LogP contribution in [0.15, 0.2) is 29.6 Å². The molecule has 0 saturated heterocycles. The Hall–Kier alpha value is -1.19. The fourth-order valence-electron chi connectivity index (χ4n) is 1.82. The monoisotopic (exact) mass is 246 g/mol. The number of nitrogens with two attached hydrogens (primary N) is 1. The molecule has 0 spiro atoms.